The summed E-state index contributed by atoms with van der Waals surface area (Å²) < 4.78 is 0. The molecule has 2 unspecified atom stereocenters. The van der Waals surface area contributed by atoms with E-state index in [0.717, 1.165) is 25.9 Å². The van der Waals surface area contributed by atoms with E-state index < -0.39 is 12.0 Å². The number of carboxylic acids is 1. The molecule has 0 aliphatic carbocycles. The summed E-state index contributed by atoms with van der Waals surface area (Å²) in [6, 6.07) is -0.746. The summed E-state index contributed by atoms with van der Waals surface area (Å²) in [7, 11) is 1.55. The molecule has 16 heavy (non-hydrogen) atoms. The van der Waals surface area contributed by atoms with Crippen molar-refractivity contribution in [2.24, 2.45) is 5.92 Å². The number of carbonyl (C=O) groups excluding carboxylic acids is 1. The maximum atomic E-state index is 11.8. The molecule has 0 spiro atoms. The number of nitrogens with zero attached hydrogens (tertiary/aromatic N) is 1. The Morgan fingerprint density at radius 3 is 2.75 bits per heavy atom. The zero-order valence-corrected chi connectivity index (χ0v) is 9.90. The standard InChI is InChI=1S/C11H20N2O3/c1-8(11(15)16)13(2)10(14)6-9-4-3-5-12-7-9/h8-9,12H,3-7H2,1-2H3,(H,15,16). The third-order valence-electron chi connectivity index (χ3n) is 3.19. The lowest BCUT2D eigenvalue weighted by molar-refractivity contribution is -0.148. The van der Waals surface area contributed by atoms with Crippen molar-refractivity contribution in [3.8, 4) is 0 Å². The van der Waals surface area contributed by atoms with E-state index in [0.29, 0.717) is 12.3 Å². The van der Waals surface area contributed by atoms with E-state index in [1.807, 2.05) is 0 Å². The molecule has 0 saturated carbocycles. The Hall–Kier alpha value is -1.10. The van der Waals surface area contributed by atoms with Crippen LogP contribution in [0.2, 0.25) is 0 Å². The second-order valence-electron chi connectivity index (χ2n) is 4.44. The molecular weight excluding hydrogens is 208 g/mol. The zero-order valence-electron chi connectivity index (χ0n) is 9.90. The molecule has 1 saturated heterocycles. The van der Waals surface area contributed by atoms with Crippen LogP contribution in [0.1, 0.15) is 26.2 Å². The molecule has 0 radical (unpaired) electrons. The third kappa shape index (κ3) is 3.48. The second-order valence-corrected chi connectivity index (χ2v) is 4.44. The summed E-state index contributed by atoms with van der Waals surface area (Å²) in [5.74, 6) is -0.689. The van der Waals surface area contributed by atoms with E-state index in [-0.39, 0.29) is 5.91 Å². The lowest BCUT2D eigenvalue weighted by Gasteiger charge is -2.26. The first-order valence-corrected chi connectivity index (χ1v) is 5.71. The van der Waals surface area contributed by atoms with Crippen LogP contribution in [0.5, 0.6) is 0 Å². The van der Waals surface area contributed by atoms with Gasteiger partial charge in [-0.15, -0.1) is 0 Å². The summed E-state index contributed by atoms with van der Waals surface area (Å²) in [6.07, 6.45) is 2.59. The number of piperidine rings is 1. The van der Waals surface area contributed by atoms with Gasteiger partial charge in [-0.2, -0.15) is 0 Å². The van der Waals surface area contributed by atoms with Gasteiger partial charge in [0.2, 0.25) is 5.91 Å². The summed E-state index contributed by atoms with van der Waals surface area (Å²) >= 11 is 0. The van der Waals surface area contributed by atoms with Crippen LogP contribution in [0.4, 0.5) is 0 Å². The molecule has 0 aromatic heterocycles. The molecule has 1 amide bonds. The van der Waals surface area contributed by atoms with Crippen LogP contribution in [-0.4, -0.2) is 48.1 Å². The number of hydrogen-bond acceptors (Lipinski definition) is 3. The Bertz CT molecular complexity index is 262. The maximum Gasteiger partial charge on any atom is 0.326 e. The quantitative estimate of drug-likeness (QED) is 0.726. The van der Waals surface area contributed by atoms with Crippen molar-refractivity contribution in [2.45, 2.75) is 32.2 Å². The molecule has 0 aromatic rings. The number of carbonyl (C=O) groups is 2. The van der Waals surface area contributed by atoms with Crippen LogP contribution in [0.15, 0.2) is 0 Å². The number of likely N-dealkylation sites (N-methyl/N-ethyl adjacent to an activating group) is 1. The normalized spacial score (nSPS) is 22.5. The molecule has 1 fully saturated rings. The molecule has 2 N–H and O–H groups in total. The first-order valence-electron chi connectivity index (χ1n) is 5.71. The Kier molecular flexibility index (Phi) is 4.73. The van der Waals surface area contributed by atoms with Crippen molar-refractivity contribution in [3.63, 3.8) is 0 Å². The summed E-state index contributed by atoms with van der Waals surface area (Å²) in [4.78, 5) is 23.8. The topological polar surface area (TPSA) is 69.6 Å². The lowest BCUT2D eigenvalue weighted by Crippen LogP contribution is -2.42. The molecule has 1 aliphatic heterocycles. The van der Waals surface area contributed by atoms with E-state index in [4.69, 9.17) is 5.11 Å². The van der Waals surface area contributed by atoms with Crippen LogP contribution in [0.25, 0.3) is 0 Å². The first kappa shape index (κ1) is 13.0. The van der Waals surface area contributed by atoms with Crippen LogP contribution >= 0.6 is 0 Å². The van der Waals surface area contributed by atoms with Crippen molar-refractivity contribution in [1.82, 2.24) is 10.2 Å². The highest BCUT2D eigenvalue weighted by molar-refractivity contribution is 5.83. The smallest absolute Gasteiger partial charge is 0.326 e. The molecule has 92 valence electrons. The fourth-order valence-electron chi connectivity index (χ4n) is 1.87. The number of amides is 1. The zero-order chi connectivity index (χ0) is 12.1. The summed E-state index contributed by atoms with van der Waals surface area (Å²) in [5.41, 5.74) is 0. The molecule has 0 aromatic carbocycles. The van der Waals surface area contributed by atoms with Crippen LogP contribution in [0, 0.1) is 5.92 Å². The van der Waals surface area contributed by atoms with E-state index in [1.54, 1.807) is 7.05 Å². The Labute approximate surface area is 95.8 Å². The van der Waals surface area contributed by atoms with Crippen LogP contribution < -0.4 is 5.32 Å². The van der Waals surface area contributed by atoms with Gasteiger partial charge in [0.15, 0.2) is 0 Å². The Balaban J connectivity index is 2.41. The van der Waals surface area contributed by atoms with Gasteiger partial charge in [0.1, 0.15) is 6.04 Å². The lowest BCUT2D eigenvalue weighted by atomic mass is 9.95. The van der Waals surface area contributed by atoms with E-state index in [2.05, 4.69) is 5.32 Å². The monoisotopic (exact) mass is 228 g/mol. The summed E-state index contributed by atoms with van der Waals surface area (Å²) in [6.45, 7) is 3.41. The van der Waals surface area contributed by atoms with Gasteiger partial charge in [0.25, 0.3) is 0 Å². The molecule has 5 nitrogen and oxygen atoms in total. The van der Waals surface area contributed by atoms with Crippen molar-refractivity contribution in [3.05, 3.63) is 0 Å². The number of nitrogens with one attached hydrogen (secondary N) is 1. The van der Waals surface area contributed by atoms with Gasteiger partial charge in [-0.1, -0.05) is 0 Å². The molecule has 2 atom stereocenters. The number of carboxylic acid groups (broad SMARTS) is 1. The molecule has 0 bridgehead atoms. The van der Waals surface area contributed by atoms with Gasteiger partial charge in [0.05, 0.1) is 0 Å². The fourth-order valence-corrected chi connectivity index (χ4v) is 1.87. The van der Waals surface area contributed by atoms with Crippen molar-refractivity contribution >= 4 is 11.9 Å². The Morgan fingerprint density at radius 1 is 1.56 bits per heavy atom. The second kappa shape index (κ2) is 5.84. The van der Waals surface area contributed by atoms with Crippen molar-refractivity contribution in [2.75, 3.05) is 20.1 Å². The fraction of sp³-hybridized carbons (Fsp3) is 0.818. The molecule has 1 rings (SSSR count). The number of hydrogen-bond donors (Lipinski definition) is 2. The van der Waals surface area contributed by atoms with Gasteiger partial charge in [-0.05, 0) is 38.8 Å². The van der Waals surface area contributed by atoms with E-state index in [1.165, 1.54) is 11.8 Å². The van der Waals surface area contributed by atoms with Gasteiger partial charge < -0.3 is 15.3 Å². The van der Waals surface area contributed by atoms with Crippen molar-refractivity contribution in [1.29, 1.82) is 0 Å². The highest BCUT2D eigenvalue weighted by atomic mass is 16.4. The molecule has 1 aliphatic rings. The highest BCUT2D eigenvalue weighted by Gasteiger charge is 2.24. The Morgan fingerprint density at radius 2 is 2.25 bits per heavy atom. The molecule has 5 heteroatoms. The minimum atomic E-state index is -0.961. The van der Waals surface area contributed by atoms with Gasteiger partial charge in [-0.25, -0.2) is 4.79 Å². The van der Waals surface area contributed by atoms with E-state index >= 15 is 0 Å². The SMILES string of the molecule is CC(C(=O)O)N(C)C(=O)CC1CCCNC1. The summed E-state index contributed by atoms with van der Waals surface area (Å²) in [5, 5.41) is 12.0. The van der Waals surface area contributed by atoms with E-state index in [9.17, 15) is 9.59 Å². The average molecular weight is 228 g/mol. The highest BCUT2D eigenvalue weighted by Crippen LogP contribution is 2.15. The van der Waals surface area contributed by atoms with Gasteiger partial charge in [0, 0.05) is 13.5 Å². The van der Waals surface area contributed by atoms with Crippen molar-refractivity contribution < 1.29 is 14.7 Å². The third-order valence-corrected chi connectivity index (χ3v) is 3.19. The van der Waals surface area contributed by atoms with Crippen LogP contribution in [-0.2, 0) is 9.59 Å². The maximum absolute atomic E-state index is 11.8. The van der Waals surface area contributed by atoms with Gasteiger partial charge >= 0.3 is 5.97 Å². The minimum absolute atomic E-state index is 0.0800. The number of rotatable bonds is 4. The number of aliphatic carboxylic acids is 1. The predicted molar refractivity (Wildman–Crippen MR) is 60.1 cm³/mol. The minimum Gasteiger partial charge on any atom is -0.480 e. The first-order chi connectivity index (χ1) is 7.52. The average Bonchev–Trinajstić information content (AvgIpc) is 2.28. The van der Waals surface area contributed by atoms with Crippen LogP contribution in [0.3, 0.4) is 0 Å². The largest absolute Gasteiger partial charge is 0.480 e. The predicted octanol–water partition coefficient (Wildman–Crippen LogP) is 0.308. The van der Waals surface area contributed by atoms with Gasteiger partial charge in [-0.3, -0.25) is 4.79 Å². The molecular formula is C11H20N2O3. The molecule has 1 heterocycles.